The van der Waals surface area contributed by atoms with Crippen LogP contribution in [-0.2, 0) is 26.2 Å². The molecule has 10 heteroatoms. The first-order valence-corrected chi connectivity index (χ1v) is 15.4. The Morgan fingerprint density at radius 3 is 2.30 bits per heavy atom. The molecule has 40 heavy (non-hydrogen) atoms. The Kier molecular flexibility index (Phi) is 9.77. The summed E-state index contributed by atoms with van der Waals surface area (Å²) in [4.78, 5) is 28.8. The Balaban J connectivity index is 1.71. The highest BCUT2D eigenvalue weighted by Crippen LogP contribution is 2.30. The molecule has 0 unspecified atom stereocenters. The number of anilines is 1. The van der Waals surface area contributed by atoms with E-state index in [0.29, 0.717) is 15.6 Å². The first kappa shape index (κ1) is 29.9. The van der Waals surface area contributed by atoms with Gasteiger partial charge in [-0.1, -0.05) is 72.4 Å². The molecule has 2 amide bonds. The molecule has 7 nitrogen and oxygen atoms in total. The van der Waals surface area contributed by atoms with E-state index in [1.165, 1.54) is 23.1 Å². The molecule has 1 N–H and O–H groups in total. The van der Waals surface area contributed by atoms with Gasteiger partial charge in [0.2, 0.25) is 11.8 Å². The molecular weight excluding hydrogens is 569 g/mol. The van der Waals surface area contributed by atoms with E-state index >= 15 is 0 Å². The van der Waals surface area contributed by atoms with Gasteiger partial charge in [-0.15, -0.1) is 0 Å². The summed E-state index contributed by atoms with van der Waals surface area (Å²) < 4.78 is 28.9. The zero-order valence-electron chi connectivity index (χ0n) is 22.5. The maximum absolute atomic E-state index is 14.0. The number of halogens is 2. The maximum atomic E-state index is 14.0. The molecule has 0 spiro atoms. The number of carbonyl (C=O) groups excluding carboxylic acids is 2. The number of nitrogens with zero attached hydrogens (tertiary/aromatic N) is 2. The molecule has 0 aliphatic heterocycles. The van der Waals surface area contributed by atoms with Crippen LogP contribution in [0.3, 0.4) is 0 Å². The van der Waals surface area contributed by atoms with Gasteiger partial charge < -0.3 is 10.2 Å². The molecule has 1 aliphatic carbocycles. The molecular formula is C30H33Cl2N3O4S. The number of carbonyl (C=O) groups is 2. The van der Waals surface area contributed by atoms with E-state index in [1.54, 1.807) is 62.4 Å². The number of sulfonamides is 1. The fourth-order valence-corrected chi connectivity index (χ4v) is 6.76. The Labute approximate surface area is 246 Å². The molecule has 212 valence electrons. The van der Waals surface area contributed by atoms with Crippen molar-refractivity contribution in [3.63, 3.8) is 0 Å². The number of hydrogen-bond donors (Lipinski definition) is 1. The lowest BCUT2D eigenvalue weighted by atomic mass is 10.1. The predicted octanol–water partition coefficient (Wildman–Crippen LogP) is 5.97. The van der Waals surface area contributed by atoms with Crippen LogP contribution in [0.4, 0.5) is 5.69 Å². The van der Waals surface area contributed by atoms with Crippen molar-refractivity contribution in [2.75, 3.05) is 10.8 Å². The monoisotopic (exact) mass is 601 g/mol. The predicted molar refractivity (Wildman–Crippen MR) is 159 cm³/mol. The first-order valence-electron chi connectivity index (χ1n) is 13.2. The van der Waals surface area contributed by atoms with Gasteiger partial charge in [-0.25, -0.2) is 8.42 Å². The molecule has 1 fully saturated rings. The van der Waals surface area contributed by atoms with E-state index < -0.39 is 28.5 Å². The van der Waals surface area contributed by atoms with E-state index in [4.69, 9.17) is 23.2 Å². The highest BCUT2D eigenvalue weighted by molar-refractivity contribution is 7.92. The Hall–Kier alpha value is -3.07. The second kappa shape index (κ2) is 13.1. The summed E-state index contributed by atoms with van der Waals surface area (Å²) in [6.07, 6.45) is 3.90. The van der Waals surface area contributed by atoms with Crippen LogP contribution in [0.15, 0.2) is 77.7 Å². The summed E-state index contributed by atoms with van der Waals surface area (Å²) in [5, 5.41) is 3.89. The number of benzene rings is 3. The molecule has 3 aromatic carbocycles. The van der Waals surface area contributed by atoms with Gasteiger partial charge in [-0.05, 0) is 74.2 Å². The molecule has 0 saturated heterocycles. The third kappa shape index (κ3) is 7.16. The normalized spacial score (nSPS) is 14.5. The number of hydrogen-bond acceptors (Lipinski definition) is 4. The van der Waals surface area contributed by atoms with Gasteiger partial charge in [0.15, 0.2) is 0 Å². The lowest BCUT2D eigenvalue weighted by molar-refractivity contribution is -0.139. The summed E-state index contributed by atoms with van der Waals surface area (Å²) in [5.74, 6) is -0.813. The minimum atomic E-state index is -4.16. The summed E-state index contributed by atoms with van der Waals surface area (Å²) in [6, 6.07) is 19.1. The van der Waals surface area contributed by atoms with Crippen molar-refractivity contribution in [1.29, 1.82) is 0 Å². The summed E-state index contributed by atoms with van der Waals surface area (Å²) >= 11 is 12.5. The number of nitrogens with one attached hydrogen (secondary N) is 1. The number of aryl methyl sites for hydroxylation is 1. The molecule has 4 rings (SSSR count). The molecule has 0 aromatic heterocycles. The van der Waals surface area contributed by atoms with Gasteiger partial charge in [0.05, 0.1) is 10.6 Å². The molecule has 0 heterocycles. The van der Waals surface area contributed by atoms with E-state index in [0.717, 1.165) is 35.6 Å². The van der Waals surface area contributed by atoms with E-state index in [2.05, 4.69) is 5.32 Å². The van der Waals surface area contributed by atoms with Crippen LogP contribution < -0.4 is 9.62 Å². The van der Waals surface area contributed by atoms with Crippen molar-refractivity contribution in [2.45, 2.75) is 63.1 Å². The van der Waals surface area contributed by atoms with Gasteiger partial charge >= 0.3 is 0 Å². The number of amides is 2. The molecule has 0 radical (unpaired) electrons. The Morgan fingerprint density at radius 1 is 0.950 bits per heavy atom. The second-order valence-electron chi connectivity index (χ2n) is 10.1. The van der Waals surface area contributed by atoms with Crippen LogP contribution in [0.5, 0.6) is 0 Å². The summed E-state index contributed by atoms with van der Waals surface area (Å²) in [5.41, 5.74) is 1.64. The quantitative estimate of drug-likeness (QED) is 0.310. The molecule has 1 aliphatic rings. The number of rotatable bonds is 10. The molecule has 3 aromatic rings. The molecule has 0 bridgehead atoms. The van der Waals surface area contributed by atoms with E-state index in [1.807, 2.05) is 6.07 Å². The van der Waals surface area contributed by atoms with Crippen molar-refractivity contribution < 1.29 is 18.0 Å². The van der Waals surface area contributed by atoms with Crippen LogP contribution >= 0.6 is 23.2 Å². The Bertz CT molecular complexity index is 1460. The van der Waals surface area contributed by atoms with Crippen LogP contribution in [0.25, 0.3) is 0 Å². The Morgan fingerprint density at radius 2 is 1.62 bits per heavy atom. The van der Waals surface area contributed by atoms with Crippen molar-refractivity contribution in [3.8, 4) is 0 Å². The third-order valence-electron chi connectivity index (χ3n) is 7.16. The topological polar surface area (TPSA) is 86.8 Å². The average molecular weight is 603 g/mol. The zero-order valence-corrected chi connectivity index (χ0v) is 24.8. The van der Waals surface area contributed by atoms with Crippen molar-refractivity contribution in [2.24, 2.45) is 0 Å². The lowest BCUT2D eigenvalue weighted by Crippen LogP contribution is -2.52. The van der Waals surface area contributed by atoms with Gasteiger partial charge in [-0.2, -0.15) is 0 Å². The summed E-state index contributed by atoms with van der Waals surface area (Å²) in [6.45, 7) is 2.96. The van der Waals surface area contributed by atoms with Gasteiger partial charge in [0.1, 0.15) is 12.6 Å². The minimum absolute atomic E-state index is 0.0376. The smallest absolute Gasteiger partial charge is 0.264 e. The minimum Gasteiger partial charge on any atom is -0.352 e. The van der Waals surface area contributed by atoms with E-state index in [9.17, 15) is 18.0 Å². The van der Waals surface area contributed by atoms with Crippen molar-refractivity contribution in [1.82, 2.24) is 10.2 Å². The highest BCUT2D eigenvalue weighted by Gasteiger charge is 2.34. The summed E-state index contributed by atoms with van der Waals surface area (Å²) in [7, 11) is -4.16. The zero-order chi connectivity index (χ0) is 28.9. The molecule has 1 saturated carbocycles. The van der Waals surface area contributed by atoms with Crippen LogP contribution in [-0.4, -0.2) is 43.8 Å². The van der Waals surface area contributed by atoms with Gasteiger partial charge in [0, 0.05) is 22.6 Å². The SMILES string of the molecule is Cc1ccc(Cl)cc1N(CC(=O)N(Cc1cccc(Cl)c1)[C@@H](C)C(=O)NC1CCCC1)S(=O)(=O)c1ccccc1. The first-order chi connectivity index (χ1) is 19.1. The average Bonchev–Trinajstić information content (AvgIpc) is 3.45. The maximum Gasteiger partial charge on any atom is 0.264 e. The standard InChI is InChI=1S/C30H33Cl2N3O4S/c1-21-15-16-25(32)18-28(21)35(40(38,39)27-13-4-3-5-14-27)20-29(36)34(19-23-9-8-10-24(31)17-23)22(2)30(37)33-26-11-6-7-12-26/h3-5,8-10,13-18,22,26H,6-7,11-12,19-20H2,1-2H3,(H,33,37)/t22-/m0/s1. The molecule has 1 atom stereocenters. The lowest BCUT2D eigenvalue weighted by Gasteiger charge is -2.33. The van der Waals surface area contributed by atoms with Crippen LogP contribution in [0.2, 0.25) is 10.0 Å². The second-order valence-corrected chi connectivity index (χ2v) is 12.8. The fourth-order valence-electron chi connectivity index (χ4n) is 4.89. The van der Waals surface area contributed by atoms with E-state index in [-0.39, 0.29) is 29.1 Å². The third-order valence-corrected chi connectivity index (χ3v) is 9.40. The van der Waals surface area contributed by atoms with Crippen LogP contribution in [0.1, 0.15) is 43.7 Å². The largest absolute Gasteiger partial charge is 0.352 e. The van der Waals surface area contributed by atoms with Crippen molar-refractivity contribution >= 4 is 50.7 Å². The fraction of sp³-hybridized carbons (Fsp3) is 0.333. The van der Waals surface area contributed by atoms with Crippen molar-refractivity contribution in [3.05, 3.63) is 94.0 Å². The van der Waals surface area contributed by atoms with Crippen LogP contribution in [0, 0.1) is 6.92 Å². The van der Waals surface area contributed by atoms with Gasteiger partial charge in [0.25, 0.3) is 10.0 Å². The van der Waals surface area contributed by atoms with Gasteiger partial charge in [-0.3, -0.25) is 13.9 Å². The highest BCUT2D eigenvalue weighted by atomic mass is 35.5.